The Balaban J connectivity index is 1.79. The fourth-order valence-corrected chi connectivity index (χ4v) is 1.55. The number of hydrogen-bond donors (Lipinski definition) is 3. The maximum atomic E-state index is 5.41. The third-order valence-corrected chi connectivity index (χ3v) is 2.48. The van der Waals surface area contributed by atoms with Crippen molar-refractivity contribution in [2.75, 3.05) is 24.1 Å². The maximum Gasteiger partial charge on any atom is 0.243 e. The van der Waals surface area contributed by atoms with Crippen molar-refractivity contribution in [3.63, 3.8) is 0 Å². The highest BCUT2D eigenvalue weighted by atomic mass is 15.4. The zero-order valence-corrected chi connectivity index (χ0v) is 8.49. The number of hydrogen-bond acceptors (Lipinski definition) is 5. The molecule has 0 amide bonds. The summed E-state index contributed by atoms with van der Waals surface area (Å²) in [5.74, 6) is 0.948. The summed E-state index contributed by atoms with van der Waals surface area (Å²) in [6.07, 6.45) is 0. The lowest BCUT2D eigenvalue weighted by Gasteiger charge is -2.42. The Morgan fingerprint density at radius 2 is 2.29 bits per heavy atom. The van der Waals surface area contributed by atoms with Crippen LogP contribution < -0.4 is 11.1 Å². The van der Waals surface area contributed by atoms with Crippen molar-refractivity contribution < 1.29 is 0 Å². The first kappa shape index (κ1) is 9.26. The second-order valence-corrected chi connectivity index (χ2v) is 3.93. The van der Waals surface area contributed by atoms with Crippen LogP contribution in [0.15, 0.2) is 0 Å². The first-order valence-electron chi connectivity index (χ1n) is 4.83. The van der Waals surface area contributed by atoms with Crippen molar-refractivity contribution in [2.45, 2.75) is 25.9 Å². The SMILES string of the molecule is CC(C)N1CC(Nc2n[nH]c(N)n2)C1. The molecule has 6 heteroatoms. The summed E-state index contributed by atoms with van der Waals surface area (Å²) in [6.45, 7) is 6.49. The average molecular weight is 196 g/mol. The van der Waals surface area contributed by atoms with Crippen LogP contribution >= 0.6 is 0 Å². The van der Waals surface area contributed by atoms with Gasteiger partial charge in [0.05, 0.1) is 6.04 Å². The van der Waals surface area contributed by atoms with Crippen LogP contribution in [-0.4, -0.2) is 45.3 Å². The molecule has 14 heavy (non-hydrogen) atoms. The minimum Gasteiger partial charge on any atom is -0.368 e. The zero-order valence-electron chi connectivity index (χ0n) is 8.49. The maximum absolute atomic E-state index is 5.41. The standard InChI is InChI=1S/C8H16N6/c1-5(2)14-3-6(4-14)10-8-11-7(9)12-13-8/h5-6H,3-4H2,1-2H3,(H4,9,10,11,12,13). The molecule has 0 saturated carbocycles. The highest BCUT2D eigenvalue weighted by Crippen LogP contribution is 2.15. The summed E-state index contributed by atoms with van der Waals surface area (Å²) in [4.78, 5) is 6.37. The topological polar surface area (TPSA) is 82.9 Å². The van der Waals surface area contributed by atoms with E-state index in [1.54, 1.807) is 0 Å². The highest BCUT2D eigenvalue weighted by Gasteiger charge is 2.28. The highest BCUT2D eigenvalue weighted by molar-refractivity contribution is 5.32. The molecule has 4 N–H and O–H groups in total. The number of rotatable bonds is 3. The Labute approximate surface area is 82.9 Å². The van der Waals surface area contributed by atoms with Crippen molar-refractivity contribution in [1.29, 1.82) is 0 Å². The van der Waals surface area contributed by atoms with Crippen LogP contribution in [-0.2, 0) is 0 Å². The lowest BCUT2D eigenvalue weighted by Crippen LogP contribution is -2.57. The molecule has 0 radical (unpaired) electrons. The fraction of sp³-hybridized carbons (Fsp3) is 0.750. The average Bonchev–Trinajstić information content (AvgIpc) is 2.42. The van der Waals surface area contributed by atoms with Crippen LogP contribution in [0.2, 0.25) is 0 Å². The van der Waals surface area contributed by atoms with Gasteiger partial charge in [0.2, 0.25) is 11.9 Å². The quantitative estimate of drug-likeness (QED) is 0.628. The number of nitrogens with one attached hydrogen (secondary N) is 2. The van der Waals surface area contributed by atoms with Crippen LogP contribution in [0.5, 0.6) is 0 Å². The summed E-state index contributed by atoms with van der Waals surface area (Å²) < 4.78 is 0. The van der Waals surface area contributed by atoms with Gasteiger partial charge in [-0.3, -0.25) is 4.90 Å². The first-order valence-corrected chi connectivity index (χ1v) is 4.83. The van der Waals surface area contributed by atoms with E-state index in [4.69, 9.17) is 5.73 Å². The zero-order chi connectivity index (χ0) is 10.1. The number of nitrogens with zero attached hydrogens (tertiary/aromatic N) is 3. The molecule has 0 spiro atoms. The van der Waals surface area contributed by atoms with E-state index in [0.29, 0.717) is 24.0 Å². The van der Waals surface area contributed by atoms with Gasteiger partial charge in [0, 0.05) is 19.1 Å². The molecule has 2 rings (SSSR count). The second-order valence-electron chi connectivity index (χ2n) is 3.93. The third-order valence-electron chi connectivity index (χ3n) is 2.48. The van der Waals surface area contributed by atoms with Gasteiger partial charge in [-0.05, 0) is 13.8 Å². The molecule has 1 fully saturated rings. The lowest BCUT2D eigenvalue weighted by molar-refractivity contribution is 0.121. The summed E-state index contributed by atoms with van der Waals surface area (Å²) in [7, 11) is 0. The van der Waals surface area contributed by atoms with Crippen LogP contribution in [0, 0.1) is 0 Å². The van der Waals surface area contributed by atoms with Gasteiger partial charge in [0.1, 0.15) is 0 Å². The van der Waals surface area contributed by atoms with Crippen molar-refractivity contribution >= 4 is 11.9 Å². The van der Waals surface area contributed by atoms with E-state index >= 15 is 0 Å². The van der Waals surface area contributed by atoms with Crippen molar-refractivity contribution in [2.24, 2.45) is 0 Å². The molecule has 1 aliphatic heterocycles. The summed E-state index contributed by atoms with van der Waals surface area (Å²) >= 11 is 0. The van der Waals surface area contributed by atoms with Crippen LogP contribution in [0.25, 0.3) is 0 Å². The molecule has 78 valence electrons. The summed E-state index contributed by atoms with van der Waals surface area (Å²) in [6, 6.07) is 1.07. The Morgan fingerprint density at radius 1 is 1.57 bits per heavy atom. The van der Waals surface area contributed by atoms with Crippen LogP contribution in [0.4, 0.5) is 11.9 Å². The number of aromatic amines is 1. The van der Waals surface area contributed by atoms with E-state index in [1.165, 1.54) is 0 Å². The van der Waals surface area contributed by atoms with Crippen molar-refractivity contribution in [3.05, 3.63) is 0 Å². The molecule has 1 aromatic heterocycles. The Hall–Kier alpha value is -1.30. The Kier molecular flexibility index (Phi) is 2.28. The number of nitrogen functional groups attached to an aromatic ring is 1. The molecule has 0 aromatic carbocycles. The monoisotopic (exact) mass is 196 g/mol. The molecule has 1 saturated heterocycles. The molecule has 1 aliphatic rings. The van der Waals surface area contributed by atoms with E-state index in [9.17, 15) is 0 Å². The fourth-order valence-electron chi connectivity index (χ4n) is 1.55. The Morgan fingerprint density at radius 3 is 2.79 bits per heavy atom. The predicted octanol–water partition coefficient (Wildman–Crippen LogP) is -0.109. The van der Waals surface area contributed by atoms with E-state index in [2.05, 4.69) is 39.2 Å². The molecule has 0 bridgehead atoms. The minimum atomic E-state index is 0.354. The normalized spacial score (nSPS) is 18.5. The molecule has 0 aliphatic carbocycles. The number of anilines is 2. The van der Waals surface area contributed by atoms with E-state index in [-0.39, 0.29) is 0 Å². The molecule has 0 unspecified atom stereocenters. The molecule has 0 atom stereocenters. The summed E-state index contributed by atoms with van der Waals surface area (Å²) in [5, 5.41) is 9.72. The third kappa shape index (κ3) is 1.79. The number of likely N-dealkylation sites (tertiary alicyclic amines) is 1. The van der Waals surface area contributed by atoms with Crippen molar-refractivity contribution in [3.8, 4) is 0 Å². The predicted molar refractivity (Wildman–Crippen MR) is 54.9 cm³/mol. The van der Waals surface area contributed by atoms with Crippen LogP contribution in [0.3, 0.4) is 0 Å². The largest absolute Gasteiger partial charge is 0.368 e. The Bertz CT molecular complexity index is 301. The van der Waals surface area contributed by atoms with Crippen molar-refractivity contribution in [1.82, 2.24) is 20.1 Å². The smallest absolute Gasteiger partial charge is 0.243 e. The van der Waals surface area contributed by atoms with E-state index in [0.717, 1.165) is 13.1 Å². The summed E-state index contributed by atoms with van der Waals surface area (Å²) in [5.41, 5.74) is 5.41. The first-order chi connectivity index (χ1) is 6.65. The van der Waals surface area contributed by atoms with Gasteiger partial charge >= 0.3 is 0 Å². The van der Waals surface area contributed by atoms with Gasteiger partial charge in [-0.1, -0.05) is 0 Å². The van der Waals surface area contributed by atoms with Gasteiger partial charge in [-0.15, -0.1) is 5.10 Å². The second kappa shape index (κ2) is 3.45. The molecule has 2 heterocycles. The lowest BCUT2D eigenvalue weighted by atomic mass is 10.1. The van der Waals surface area contributed by atoms with Gasteiger partial charge in [-0.2, -0.15) is 4.98 Å². The van der Waals surface area contributed by atoms with Crippen LogP contribution in [0.1, 0.15) is 13.8 Å². The molecular formula is C8H16N6. The number of nitrogens with two attached hydrogens (primary N) is 1. The van der Waals surface area contributed by atoms with Gasteiger partial charge < -0.3 is 11.1 Å². The molecule has 1 aromatic rings. The van der Waals surface area contributed by atoms with E-state index in [1.807, 2.05) is 0 Å². The van der Waals surface area contributed by atoms with Gasteiger partial charge in [-0.25, -0.2) is 5.10 Å². The van der Waals surface area contributed by atoms with Gasteiger partial charge in [0.15, 0.2) is 0 Å². The van der Waals surface area contributed by atoms with E-state index < -0.39 is 0 Å². The molecule has 6 nitrogen and oxygen atoms in total. The number of aromatic nitrogens is 3. The number of H-pyrrole nitrogens is 1. The minimum absolute atomic E-state index is 0.354. The van der Waals surface area contributed by atoms with Gasteiger partial charge in [0.25, 0.3) is 0 Å². The molecular weight excluding hydrogens is 180 g/mol.